The standard InChI is InChI=1S/C35H39N5O4/c1-22(2)16-28(36)33(41)39-31(17-24-19-37-29-14-8-6-12-26(24)29)34(42)40-32(35(43)44-21-23-10-4-3-5-11-23)18-25-20-38-30-15-9-7-13-27(25)30/h3-15,19-20,22,28,31-32,37-38H,16-18,21,36H2,1-2H3,(H,39,41)(H,40,42)/t28-,31-,32-/m0/s1. The predicted molar refractivity (Wildman–Crippen MR) is 172 cm³/mol. The summed E-state index contributed by atoms with van der Waals surface area (Å²) < 4.78 is 5.68. The van der Waals surface area contributed by atoms with Gasteiger partial charge in [0.05, 0.1) is 6.04 Å². The number of hydrogen-bond donors (Lipinski definition) is 5. The molecule has 0 radical (unpaired) electrons. The van der Waals surface area contributed by atoms with E-state index in [1.807, 2.05) is 105 Å². The van der Waals surface area contributed by atoms with E-state index in [0.29, 0.717) is 6.42 Å². The number of benzene rings is 3. The largest absolute Gasteiger partial charge is 0.459 e. The van der Waals surface area contributed by atoms with E-state index in [1.54, 1.807) is 0 Å². The van der Waals surface area contributed by atoms with Crippen molar-refractivity contribution in [3.63, 3.8) is 0 Å². The van der Waals surface area contributed by atoms with Crippen LogP contribution in [0, 0.1) is 5.92 Å². The number of ether oxygens (including phenoxy) is 1. The first-order chi connectivity index (χ1) is 21.3. The van der Waals surface area contributed by atoms with Crippen molar-refractivity contribution < 1.29 is 19.1 Å². The molecular formula is C35H39N5O4. The predicted octanol–water partition coefficient (Wildman–Crippen LogP) is 4.52. The van der Waals surface area contributed by atoms with E-state index in [4.69, 9.17) is 10.5 Å². The van der Waals surface area contributed by atoms with E-state index < -0.39 is 35.9 Å². The van der Waals surface area contributed by atoms with Crippen molar-refractivity contribution in [3.05, 3.63) is 108 Å². The molecule has 0 aliphatic heterocycles. The summed E-state index contributed by atoms with van der Waals surface area (Å²) >= 11 is 0. The highest BCUT2D eigenvalue weighted by molar-refractivity contribution is 5.93. The SMILES string of the molecule is CC(C)C[C@H](N)C(=O)N[C@@H](Cc1c[nH]c2ccccc12)C(=O)N[C@@H](Cc1c[nH]c2ccccc12)C(=O)OCc1ccccc1. The lowest BCUT2D eigenvalue weighted by Gasteiger charge is -2.24. The molecule has 0 unspecified atom stereocenters. The molecule has 5 rings (SSSR count). The first kappa shape index (κ1) is 30.6. The maximum absolute atomic E-state index is 14.0. The van der Waals surface area contributed by atoms with Gasteiger partial charge >= 0.3 is 5.97 Å². The smallest absolute Gasteiger partial charge is 0.329 e. The average Bonchev–Trinajstić information content (AvgIpc) is 3.63. The van der Waals surface area contributed by atoms with E-state index in [0.717, 1.165) is 38.5 Å². The third kappa shape index (κ3) is 7.54. The van der Waals surface area contributed by atoms with Crippen LogP contribution in [0.15, 0.2) is 91.3 Å². The fourth-order valence-corrected chi connectivity index (χ4v) is 5.44. The van der Waals surface area contributed by atoms with Crippen molar-refractivity contribution in [2.45, 2.75) is 57.8 Å². The minimum atomic E-state index is -1.00. The number of aromatic nitrogens is 2. The van der Waals surface area contributed by atoms with Crippen LogP contribution in [-0.4, -0.2) is 45.9 Å². The highest BCUT2D eigenvalue weighted by Crippen LogP contribution is 2.21. The minimum absolute atomic E-state index is 0.0689. The summed E-state index contributed by atoms with van der Waals surface area (Å²) in [5.74, 6) is -1.28. The third-order valence-corrected chi connectivity index (χ3v) is 7.72. The van der Waals surface area contributed by atoms with Gasteiger partial charge in [0.1, 0.15) is 18.7 Å². The number of para-hydroxylation sites is 2. The molecule has 0 aliphatic carbocycles. The molecule has 0 fully saturated rings. The normalized spacial score (nSPS) is 13.5. The Morgan fingerprint density at radius 3 is 1.84 bits per heavy atom. The lowest BCUT2D eigenvalue weighted by Crippen LogP contribution is -2.55. The fraction of sp³-hybridized carbons (Fsp3) is 0.286. The summed E-state index contributed by atoms with van der Waals surface area (Å²) in [5, 5.41) is 7.67. The van der Waals surface area contributed by atoms with E-state index in [1.165, 1.54) is 0 Å². The first-order valence-corrected chi connectivity index (χ1v) is 15.0. The van der Waals surface area contributed by atoms with Gasteiger partial charge in [0.15, 0.2) is 0 Å². The van der Waals surface area contributed by atoms with Gasteiger partial charge in [-0.3, -0.25) is 9.59 Å². The maximum Gasteiger partial charge on any atom is 0.329 e. The Kier molecular flexibility index (Phi) is 9.76. The molecule has 3 atom stereocenters. The molecule has 5 aromatic rings. The number of fused-ring (bicyclic) bond motifs is 2. The van der Waals surface area contributed by atoms with Gasteiger partial charge in [-0.2, -0.15) is 0 Å². The van der Waals surface area contributed by atoms with Gasteiger partial charge in [0.25, 0.3) is 0 Å². The Labute approximate surface area is 256 Å². The second-order valence-corrected chi connectivity index (χ2v) is 11.6. The van der Waals surface area contributed by atoms with Crippen LogP contribution in [0.3, 0.4) is 0 Å². The first-order valence-electron chi connectivity index (χ1n) is 15.0. The van der Waals surface area contributed by atoms with Crippen LogP contribution in [0.2, 0.25) is 0 Å². The van der Waals surface area contributed by atoms with Crippen molar-refractivity contribution in [3.8, 4) is 0 Å². The molecule has 2 amide bonds. The molecule has 44 heavy (non-hydrogen) atoms. The van der Waals surface area contributed by atoms with Crippen LogP contribution in [0.25, 0.3) is 21.8 Å². The lowest BCUT2D eigenvalue weighted by molar-refractivity contribution is -0.149. The molecule has 0 spiro atoms. The van der Waals surface area contributed by atoms with E-state index in [9.17, 15) is 14.4 Å². The zero-order valence-electron chi connectivity index (χ0n) is 25.0. The Morgan fingerprint density at radius 1 is 0.727 bits per heavy atom. The second-order valence-electron chi connectivity index (χ2n) is 11.6. The summed E-state index contributed by atoms with van der Waals surface area (Å²) in [7, 11) is 0. The van der Waals surface area contributed by atoms with Crippen LogP contribution in [0.4, 0.5) is 0 Å². The molecule has 2 heterocycles. The van der Waals surface area contributed by atoms with Crippen LogP contribution in [0.5, 0.6) is 0 Å². The van der Waals surface area contributed by atoms with Crippen LogP contribution < -0.4 is 16.4 Å². The molecule has 0 saturated heterocycles. The lowest BCUT2D eigenvalue weighted by atomic mass is 10.0. The van der Waals surface area contributed by atoms with Gasteiger partial charge < -0.3 is 31.1 Å². The van der Waals surface area contributed by atoms with Gasteiger partial charge in [-0.15, -0.1) is 0 Å². The number of aromatic amines is 2. The van der Waals surface area contributed by atoms with Crippen molar-refractivity contribution in [2.24, 2.45) is 11.7 Å². The zero-order valence-corrected chi connectivity index (χ0v) is 25.0. The number of H-pyrrole nitrogens is 2. The van der Waals surface area contributed by atoms with Crippen LogP contribution in [-0.2, 0) is 38.6 Å². The Morgan fingerprint density at radius 2 is 1.25 bits per heavy atom. The maximum atomic E-state index is 14.0. The van der Waals surface area contributed by atoms with Crippen molar-refractivity contribution >= 4 is 39.6 Å². The van der Waals surface area contributed by atoms with Crippen LogP contribution in [0.1, 0.15) is 37.0 Å². The monoisotopic (exact) mass is 593 g/mol. The van der Waals surface area contributed by atoms with E-state index >= 15 is 0 Å². The molecule has 0 saturated carbocycles. The number of carbonyl (C=O) groups is 3. The molecule has 6 N–H and O–H groups in total. The Balaban J connectivity index is 1.40. The molecular weight excluding hydrogens is 554 g/mol. The Hall–Kier alpha value is -4.89. The van der Waals surface area contributed by atoms with Gasteiger partial charge in [-0.1, -0.05) is 80.6 Å². The summed E-state index contributed by atoms with van der Waals surface area (Å²) in [6.45, 7) is 4.04. The van der Waals surface area contributed by atoms with Gasteiger partial charge in [-0.25, -0.2) is 4.79 Å². The number of nitrogens with two attached hydrogens (primary N) is 1. The molecule has 9 nitrogen and oxygen atoms in total. The van der Waals surface area contributed by atoms with E-state index in [-0.39, 0.29) is 25.4 Å². The Bertz CT molecular complexity index is 1720. The number of amides is 2. The zero-order chi connectivity index (χ0) is 31.1. The van der Waals surface area contributed by atoms with Gasteiger partial charge in [0, 0.05) is 47.0 Å². The number of esters is 1. The topological polar surface area (TPSA) is 142 Å². The number of rotatable bonds is 13. The van der Waals surface area contributed by atoms with Crippen molar-refractivity contribution in [2.75, 3.05) is 0 Å². The second kappa shape index (κ2) is 14.1. The molecule has 2 aromatic heterocycles. The van der Waals surface area contributed by atoms with Crippen molar-refractivity contribution in [1.82, 2.24) is 20.6 Å². The number of nitrogens with one attached hydrogen (secondary N) is 4. The summed E-state index contributed by atoms with van der Waals surface area (Å²) in [6.07, 6.45) is 4.55. The number of hydrogen-bond acceptors (Lipinski definition) is 5. The fourth-order valence-electron chi connectivity index (χ4n) is 5.44. The molecule has 3 aromatic carbocycles. The third-order valence-electron chi connectivity index (χ3n) is 7.72. The van der Waals surface area contributed by atoms with Gasteiger partial charge in [-0.05, 0) is 41.2 Å². The summed E-state index contributed by atoms with van der Waals surface area (Å²) in [6, 6.07) is 22.1. The molecule has 9 heteroatoms. The van der Waals surface area contributed by atoms with E-state index in [2.05, 4.69) is 20.6 Å². The molecule has 228 valence electrons. The summed E-state index contributed by atoms with van der Waals surface area (Å²) in [5.41, 5.74) is 10.6. The highest BCUT2D eigenvalue weighted by Gasteiger charge is 2.30. The quantitative estimate of drug-likeness (QED) is 0.128. The van der Waals surface area contributed by atoms with Crippen LogP contribution >= 0.6 is 0 Å². The minimum Gasteiger partial charge on any atom is -0.459 e. The molecule has 0 bridgehead atoms. The van der Waals surface area contributed by atoms with Gasteiger partial charge in [0.2, 0.25) is 11.8 Å². The van der Waals surface area contributed by atoms with Crippen molar-refractivity contribution in [1.29, 1.82) is 0 Å². The molecule has 0 aliphatic rings. The number of carbonyl (C=O) groups excluding carboxylic acids is 3. The summed E-state index contributed by atoms with van der Waals surface area (Å²) in [4.78, 5) is 47.1. The average molecular weight is 594 g/mol. The highest BCUT2D eigenvalue weighted by atomic mass is 16.5.